The zero-order valence-electron chi connectivity index (χ0n) is 12.8. The average Bonchev–Trinajstić information content (AvgIpc) is 3.38. The van der Waals surface area contributed by atoms with Gasteiger partial charge in [-0.05, 0) is 48.7 Å². The molecule has 0 saturated heterocycles. The van der Waals surface area contributed by atoms with Crippen molar-refractivity contribution in [3.63, 3.8) is 0 Å². The first-order chi connectivity index (χ1) is 11.4. The Balaban J connectivity index is 1.66. The van der Waals surface area contributed by atoms with Crippen LogP contribution in [0.3, 0.4) is 0 Å². The van der Waals surface area contributed by atoms with E-state index in [2.05, 4.69) is 26.0 Å². The van der Waals surface area contributed by atoms with Crippen LogP contribution in [0.2, 0.25) is 0 Å². The smallest absolute Gasteiger partial charge is 0.240 e. The molecule has 2 aromatic carbocycles. The molecule has 126 valence electrons. The van der Waals surface area contributed by atoms with E-state index in [1.165, 1.54) is 0 Å². The van der Waals surface area contributed by atoms with E-state index in [1.54, 1.807) is 42.5 Å². The summed E-state index contributed by atoms with van der Waals surface area (Å²) in [4.78, 5) is 12.0. The van der Waals surface area contributed by atoms with Crippen LogP contribution in [0.1, 0.15) is 18.4 Å². The molecule has 1 aliphatic carbocycles. The second kappa shape index (κ2) is 7.04. The van der Waals surface area contributed by atoms with Crippen molar-refractivity contribution in [3.8, 4) is 0 Å². The lowest BCUT2D eigenvalue weighted by molar-refractivity contribution is -0.117. The fourth-order valence-corrected chi connectivity index (χ4v) is 3.86. The molecule has 0 aliphatic heterocycles. The first-order valence-electron chi connectivity index (χ1n) is 7.59. The number of carbonyl (C=O) groups excluding carboxylic acids is 1. The second-order valence-corrected chi connectivity index (χ2v) is 8.43. The standard InChI is InChI=1S/C17H17BrN2O3S/c18-14-4-2-6-16(10-14)24(22,23)19-11-12-3-1-5-15(9-12)20-17(21)13-7-8-13/h1-6,9-10,13,19H,7-8,11H2,(H,20,21). The van der Waals surface area contributed by atoms with Gasteiger partial charge in [0.2, 0.25) is 15.9 Å². The van der Waals surface area contributed by atoms with Gasteiger partial charge in [0.25, 0.3) is 0 Å². The second-order valence-electron chi connectivity index (χ2n) is 5.75. The van der Waals surface area contributed by atoms with Gasteiger partial charge in [-0.3, -0.25) is 4.79 Å². The summed E-state index contributed by atoms with van der Waals surface area (Å²) in [7, 11) is -3.59. The third-order valence-corrected chi connectivity index (χ3v) is 5.61. The van der Waals surface area contributed by atoms with Gasteiger partial charge in [-0.25, -0.2) is 13.1 Å². The van der Waals surface area contributed by atoms with Crippen LogP contribution in [-0.2, 0) is 21.4 Å². The van der Waals surface area contributed by atoms with Crippen molar-refractivity contribution in [1.29, 1.82) is 0 Å². The Morgan fingerprint density at radius 2 is 1.88 bits per heavy atom. The lowest BCUT2D eigenvalue weighted by Crippen LogP contribution is -2.23. The minimum absolute atomic E-state index is 0.0295. The van der Waals surface area contributed by atoms with Crippen molar-refractivity contribution in [3.05, 3.63) is 58.6 Å². The Morgan fingerprint density at radius 1 is 1.12 bits per heavy atom. The minimum Gasteiger partial charge on any atom is -0.326 e. The van der Waals surface area contributed by atoms with Gasteiger partial charge in [0, 0.05) is 22.6 Å². The van der Waals surface area contributed by atoms with E-state index in [0.717, 1.165) is 18.4 Å². The number of sulfonamides is 1. The first-order valence-corrected chi connectivity index (χ1v) is 9.87. The van der Waals surface area contributed by atoms with Crippen molar-refractivity contribution in [1.82, 2.24) is 4.72 Å². The Bertz CT molecular complexity index is 864. The summed E-state index contributed by atoms with van der Waals surface area (Å²) in [5.74, 6) is 0.158. The highest BCUT2D eigenvalue weighted by Crippen LogP contribution is 2.30. The number of nitrogens with one attached hydrogen (secondary N) is 2. The topological polar surface area (TPSA) is 75.3 Å². The molecule has 0 radical (unpaired) electrons. The van der Waals surface area contributed by atoms with Crippen LogP contribution in [0.4, 0.5) is 5.69 Å². The number of amides is 1. The summed E-state index contributed by atoms with van der Waals surface area (Å²) < 4.78 is 27.9. The molecule has 24 heavy (non-hydrogen) atoms. The largest absolute Gasteiger partial charge is 0.326 e. The highest BCUT2D eigenvalue weighted by atomic mass is 79.9. The molecule has 1 fully saturated rings. The maximum atomic E-state index is 12.3. The van der Waals surface area contributed by atoms with Crippen LogP contribution in [0.5, 0.6) is 0 Å². The maximum Gasteiger partial charge on any atom is 0.240 e. The van der Waals surface area contributed by atoms with Crippen molar-refractivity contribution in [2.24, 2.45) is 5.92 Å². The fraction of sp³-hybridized carbons (Fsp3) is 0.235. The number of anilines is 1. The number of rotatable bonds is 6. The fourth-order valence-electron chi connectivity index (χ4n) is 2.24. The van der Waals surface area contributed by atoms with Gasteiger partial charge in [0.05, 0.1) is 4.90 Å². The number of carbonyl (C=O) groups is 1. The predicted molar refractivity (Wildman–Crippen MR) is 96.0 cm³/mol. The molecule has 2 aromatic rings. The van der Waals surface area contributed by atoms with Crippen molar-refractivity contribution in [2.45, 2.75) is 24.3 Å². The van der Waals surface area contributed by atoms with Crippen LogP contribution >= 0.6 is 15.9 Å². The lowest BCUT2D eigenvalue weighted by atomic mass is 10.2. The summed E-state index contributed by atoms with van der Waals surface area (Å²) in [6, 6.07) is 13.7. The third kappa shape index (κ3) is 4.43. The van der Waals surface area contributed by atoms with Crippen molar-refractivity contribution in [2.75, 3.05) is 5.32 Å². The quantitative estimate of drug-likeness (QED) is 0.769. The van der Waals surface area contributed by atoms with Crippen LogP contribution < -0.4 is 10.0 Å². The van der Waals surface area contributed by atoms with Gasteiger partial charge in [-0.15, -0.1) is 0 Å². The summed E-state index contributed by atoms with van der Waals surface area (Å²) in [5, 5.41) is 2.86. The molecule has 7 heteroatoms. The Labute approximate surface area is 149 Å². The lowest BCUT2D eigenvalue weighted by Gasteiger charge is -2.09. The zero-order chi connectivity index (χ0) is 17.2. The van der Waals surface area contributed by atoms with E-state index in [0.29, 0.717) is 10.2 Å². The molecule has 2 N–H and O–H groups in total. The van der Waals surface area contributed by atoms with Gasteiger partial charge in [0.1, 0.15) is 0 Å². The molecule has 0 heterocycles. The number of benzene rings is 2. The number of hydrogen-bond donors (Lipinski definition) is 2. The maximum absolute atomic E-state index is 12.3. The highest BCUT2D eigenvalue weighted by Gasteiger charge is 2.29. The molecule has 0 atom stereocenters. The first kappa shape index (κ1) is 17.1. The summed E-state index contributed by atoms with van der Waals surface area (Å²) >= 11 is 3.27. The molecule has 1 amide bonds. The molecular formula is C17H17BrN2O3S. The van der Waals surface area contributed by atoms with Crippen LogP contribution in [-0.4, -0.2) is 14.3 Å². The van der Waals surface area contributed by atoms with Crippen molar-refractivity contribution >= 4 is 37.5 Å². The van der Waals surface area contributed by atoms with Gasteiger partial charge < -0.3 is 5.32 Å². The van der Waals surface area contributed by atoms with E-state index in [4.69, 9.17) is 0 Å². The van der Waals surface area contributed by atoms with E-state index in [1.807, 2.05) is 6.07 Å². The number of halogens is 1. The highest BCUT2D eigenvalue weighted by molar-refractivity contribution is 9.10. The van der Waals surface area contributed by atoms with Gasteiger partial charge in [-0.2, -0.15) is 0 Å². The molecule has 0 bridgehead atoms. The molecule has 0 aromatic heterocycles. The minimum atomic E-state index is -3.59. The average molecular weight is 409 g/mol. The molecule has 1 saturated carbocycles. The molecule has 3 rings (SSSR count). The van der Waals surface area contributed by atoms with Gasteiger partial charge >= 0.3 is 0 Å². The molecule has 0 spiro atoms. The summed E-state index contributed by atoms with van der Waals surface area (Å²) in [6.45, 7) is 0.155. The van der Waals surface area contributed by atoms with Crippen LogP contribution in [0.15, 0.2) is 57.9 Å². The molecular weight excluding hydrogens is 392 g/mol. The molecule has 0 unspecified atom stereocenters. The van der Waals surface area contributed by atoms with Gasteiger partial charge in [0.15, 0.2) is 0 Å². The SMILES string of the molecule is O=C(Nc1cccc(CNS(=O)(=O)c2cccc(Br)c2)c1)C1CC1. The van der Waals surface area contributed by atoms with E-state index >= 15 is 0 Å². The van der Waals surface area contributed by atoms with Crippen LogP contribution in [0, 0.1) is 5.92 Å². The zero-order valence-corrected chi connectivity index (χ0v) is 15.2. The summed E-state index contributed by atoms with van der Waals surface area (Å²) in [5.41, 5.74) is 1.47. The normalized spacial score (nSPS) is 14.4. The number of hydrogen-bond acceptors (Lipinski definition) is 3. The molecule has 1 aliphatic rings. The van der Waals surface area contributed by atoms with E-state index in [-0.39, 0.29) is 23.3 Å². The third-order valence-electron chi connectivity index (χ3n) is 3.72. The van der Waals surface area contributed by atoms with Crippen LogP contribution in [0.25, 0.3) is 0 Å². The van der Waals surface area contributed by atoms with Gasteiger partial charge in [-0.1, -0.05) is 34.1 Å². The summed E-state index contributed by atoms with van der Waals surface area (Å²) in [6.07, 6.45) is 1.88. The Kier molecular flexibility index (Phi) is 5.03. The Hall–Kier alpha value is -1.70. The van der Waals surface area contributed by atoms with E-state index < -0.39 is 10.0 Å². The Morgan fingerprint density at radius 3 is 2.58 bits per heavy atom. The monoisotopic (exact) mass is 408 g/mol. The van der Waals surface area contributed by atoms with Crippen molar-refractivity contribution < 1.29 is 13.2 Å². The predicted octanol–water partition coefficient (Wildman–Crippen LogP) is 3.28. The molecule has 5 nitrogen and oxygen atoms in total. The van der Waals surface area contributed by atoms with E-state index in [9.17, 15) is 13.2 Å².